The number of aliphatic hydroxyl groups excluding tert-OH is 1. The van der Waals surface area contributed by atoms with E-state index in [0.29, 0.717) is 6.61 Å². The van der Waals surface area contributed by atoms with Crippen molar-refractivity contribution in [3.8, 4) is 0 Å². The van der Waals surface area contributed by atoms with Crippen LogP contribution < -0.4 is 0 Å². The third kappa shape index (κ3) is 27.2. The summed E-state index contributed by atoms with van der Waals surface area (Å²) in [4.78, 5) is 0. The highest BCUT2D eigenvalue weighted by Crippen LogP contribution is 2.35. The Morgan fingerprint density at radius 1 is 0.556 bits per heavy atom. The summed E-state index contributed by atoms with van der Waals surface area (Å²) in [5.74, 6) is -0.389. The van der Waals surface area contributed by atoms with Gasteiger partial charge in [0.25, 0.3) is 0 Å². The van der Waals surface area contributed by atoms with Crippen molar-refractivity contribution in [1.29, 1.82) is 0 Å². The summed E-state index contributed by atoms with van der Waals surface area (Å²) in [6, 6.07) is 0. The Hall–Kier alpha value is -0.430. The Morgan fingerprint density at radius 2 is 0.956 bits per heavy atom. The van der Waals surface area contributed by atoms with Crippen molar-refractivity contribution in [3.05, 3.63) is 48.6 Å². The number of rotatable bonds is 33. The predicted molar refractivity (Wildman–Crippen MR) is 206 cm³/mol. The second-order valence-corrected chi connectivity index (χ2v) is 14.2. The average molecular weight is 741 g/mol. The van der Waals surface area contributed by atoms with Gasteiger partial charge in [0, 0.05) is 19.4 Å². The fraction of sp³-hybridized carbons (Fsp3) is 0.805. The van der Waals surface area contributed by atoms with E-state index in [1.54, 1.807) is 0 Å². The van der Waals surface area contributed by atoms with E-state index in [9.17, 15) is 5.11 Å². The van der Waals surface area contributed by atoms with Gasteiger partial charge >= 0.3 is 0 Å². The summed E-state index contributed by atoms with van der Waals surface area (Å²) in [5, 5.41) is 9.26. The van der Waals surface area contributed by atoms with Gasteiger partial charge in [-0.2, -0.15) is 0 Å². The largest absolute Gasteiger partial charge is 0.396 e. The molecule has 0 bridgehead atoms. The minimum absolute atomic E-state index is 0.149. The van der Waals surface area contributed by atoms with E-state index in [4.69, 9.17) is 9.47 Å². The van der Waals surface area contributed by atoms with Gasteiger partial charge in [0.15, 0.2) is 5.79 Å². The molecule has 2 atom stereocenters. The van der Waals surface area contributed by atoms with Crippen molar-refractivity contribution in [2.24, 2.45) is 0 Å². The number of alkyl halides is 1. The zero-order valence-electron chi connectivity index (χ0n) is 29.6. The molecule has 1 aliphatic rings. The zero-order valence-corrected chi connectivity index (χ0v) is 31.7. The summed E-state index contributed by atoms with van der Waals surface area (Å²) >= 11 is 2.46. The van der Waals surface area contributed by atoms with Crippen molar-refractivity contribution in [2.75, 3.05) is 17.6 Å². The maximum Gasteiger partial charge on any atom is 0.168 e. The van der Waals surface area contributed by atoms with E-state index in [2.05, 4.69) is 78.1 Å². The second-order valence-electron chi connectivity index (χ2n) is 13.2. The van der Waals surface area contributed by atoms with Crippen LogP contribution in [0.3, 0.4) is 0 Å². The Morgan fingerprint density at radius 3 is 1.36 bits per heavy atom. The van der Waals surface area contributed by atoms with Gasteiger partial charge in [0.05, 0.1) is 12.7 Å². The van der Waals surface area contributed by atoms with E-state index in [0.717, 1.165) is 25.7 Å². The fourth-order valence-electron chi connectivity index (χ4n) is 5.99. The molecular weight excluding hydrogens is 667 g/mol. The molecule has 1 aliphatic heterocycles. The predicted octanol–water partition coefficient (Wildman–Crippen LogP) is 13.3. The van der Waals surface area contributed by atoms with Gasteiger partial charge in [-0.1, -0.05) is 104 Å². The van der Waals surface area contributed by atoms with Gasteiger partial charge in [0.1, 0.15) is 0 Å². The first-order chi connectivity index (χ1) is 22.3. The van der Waals surface area contributed by atoms with Crippen LogP contribution in [0.25, 0.3) is 0 Å². The van der Waals surface area contributed by atoms with Crippen molar-refractivity contribution in [3.63, 3.8) is 0 Å². The van der Waals surface area contributed by atoms with Crippen molar-refractivity contribution in [2.45, 2.75) is 192 Å². The highest BCUT2D eigenvalue weighted by atomic mass is 127. The first-order valence-electron chi connectivity index (χ1n) is 19.3. The number of hydrogen-bond acceptors (Lipinski definition) is 3. The van der Waals surface area contributed by atoms with Gasteiger partial charge in [-0.3, -0.25) is 0 Å². The molecule has 0 aromatic heterocycles. The van der Waals surface area contributed by atoms with Gasteiger partial charge in [-0.05, 0) is 139 Å². The van der Waals surface area contributed by atoms with Crippen LogP contribution in [0, 0.1) is 0 Å². The molecule has 0 spiro atoms. The lowest BCUT2D eigenvalue weighted by Crippen LogP contribution is -2.31. The maximum absolute atomic E-state index is 9.26. The monoisotopic (exact) mass is 740 g/mol. The van der Waals surface area contributed by atoms with Crippen LogP contribution in [-0.2, 0) is 9.47 Å². The Labute approximate surface area is 294 Å². The number of ether oxygens (including phenoxy) is 2. The molecule has 0 aliphatic carbocycles. The fourth-order valence-corrected chi connectivity index (χ4v) is 6.53. The van der Waals surface area contributed by atoms with E-state index in [1.807, 2.05) is 0 Å². The minimum Gasteiger partial charge on any atom is -0.396 e. The smallest absolute Gasteiger partial charge is 0.168 e. The summed E-state index contributed by atoms with van der Waals surface area (Å²) < 4.78 is 14.2. The minimum atomic E-state index is -0.389. The summed E-state index contributed by atoms with van der Waals surface area (Å²) in [6.07, 6.45) is 52.0. The van der Waals surface area contributed by atoms with Crippen LogP contribution in [0.5, 0.6) is 0 Å². The molecular formula is C41H73IO3. The lowest BCUT2D eigenvalue weighted by atomic mass is 9.99. The quantitative estimate of drug-likeness (QED) is 0.0315. The maximum atomic E-state index is 9.26. The number of allylic oxidation sites excluding steroid dienone is 8. The standard InChI is InChI=1S/C41H73IO3/c1-2-3-4-5-6-7-8-9-10-12-15-18-21-24-27-30-35-41(44-39-40(45-41)34-33-38-43)36-31-28-25-22-19-16-13-11-14-17-20-23-26-29-32-37-42/h6-7,15-16,18-20,23,40,43H,2-5,8-14,17,21-22,24-39H2,1H3/b7-6-,18-15-,19-16-,23-20-/t40-,41?/m0/s1. The van der Waals surface area contributed by atoms with Crippen LogP contribution in [0.2, 0.25) is 0 Å². The third-order valence-corrected chi connectivity index (χ3v) is 9.60. The average Bonchev–Trinajstić information content (AvgIpc) is 3.46. The molecule has 1 unspecified atom stereocenters. The highest BCUT2D eigenvalue weighted by molar-refractivity contribution is 14.1. The Kier molecular flexibility index (Phi) is 31.7. The molecule has 0 amide bonds. The molecule has 262 valence electrons. The lowest BCUT2D eigenvalue weighted by molar-refractivity contribution is -0.180. The first kappa shape index (κ1) is 42.6. The van der Waals surface area contributed by atoms with Crippen LogP contribution in [0.15, 0.2) is 48.6 Å². The van der Waals surface area contributed by atoms with E-state index in [1.165, 1.54) is 152 Å². The Balaban J connectivity index is 2.14. The van der Waals surface area contributed by atoms with Gasteiger partial charge in [-0.25, -0.2) is 0 Å². The van der Waals surface area contributed by atoms with Gasteiger partial charge in [-0.15, -0.1) is 0 Å². The molecule has 1 saturated heterocycles. The molecule has 1 heterocycles. The zero-order chi connectivity index (χ0) is 32.4. The Bertz CT molecular complexity index is 680. The van der Waals surface area contributed by atoms with Crippen LogP contribution >= 0.6 is 22.6 Å². The number of unbranched alkanes of at least 4 members (excludes halogenated alkanes) is 17. The number of aliphatic hydroxyl groups is 1. The van der Waals surface area contributed by atoms with E-state index >= 15 is 0 Å². The summed E-state index contributed by atoms with van der Waals surface area (Å²) in [5.41, 5.74) is 0. The van der Waals surface area contributed by atoms with Crippen molar-refractivity contribution >= 4 is 22.6 Å². The van der Waals surface area contributed by atoms with Gasteiger partial charge < -0.3 is 14.6 Å². The third-order valence-electron chi connectivity index (χ3n) is 8.83. The van der Waals surface area contributed by atoms with E-state index in [-0.39, 0.29) is 18.5 Å². The number of halogens is 1. The molecule has 1 fully saturated rings. The summed E-state index contributed by atoms with van der Waals surface area (Å²) in [6.45, 7) is 3.19. The van der Waals surface area contributed by atoms with Gasteiger partial charge in [0.2, 0.25) is 0 Å². The molecule has 0 saturated carbocycles. The molecule has 0 radical (unpaired) electrons. The molecule has 4 heteroatoms. The van der Waals surface area contributed by atoms with Crippen molar-refractivity contribution < 1.29 is 14.6 Å². The molecule has 0 aromatic rings. The normalized spacial score (nSPS) is 19.0. The SMILES string of the molecule is CCCCC/C=C\CCCC/C=C\CCCCCC1(CCCCC/C=C\CCCC/C=C\CCCCI)OC[C@H](CCCO)O1. The second kappa shape index (κ2) is 33.5. The number of hydrogen-bond donors (Lipinski definition) is 1. The molecule has 1 rings (SSSR count). The van der Waals surface area contributed by atoms with Crippen LogP contribution in [-0.4, -0.2) is 34.6 Å². The molecule has 1 N–H and O–H groups in total. The molecule has 45 heavy (non-hydrogen) atoms. The van der Waals surface area contributed by atoms with E-state index < -0.39 is 0 Å². The molecule has 3 nitrogen and oxygen atoms in total. The summed E-state index contributed by atoms with van der Waals surface area (Å²) in [7, 11) is 0. The van der Waals surface area contributed by atoms with Crippen LogP contribution in [0.4, 0.5) is 0 Å². The molecule has 0 aromatic carbocycles. The lowest BCUT2D eigenvalue weighted by Gasteiger charge is -2.28. The topological polar surface area (TPSA) is 38.7 Å². The highest BCUT2D eigenvalue weighted by Gasteiger charge is 2.40. The van der Waals surface area contributed by atoms with Crippen LogP contribution in [0.1, 0.15) is 180 Å². The first-order valence-corrected chi connectivity index (χ1v) is 20.9. The van der Waals surface area contributed by atoms with Crippen molar-refractivity contribution in [1.82, 2.24) is 0 Å².